The van der Waals surface area contributed by atoms with Gasteiger partial charge in [-0.1, -0.05) is 97.4 Å². The summed E-state index contributed by atoms with van der Waals surface area (Å²) >= 11 is 0. The van der Waals surface area contributed by atoms with Gasteiger partial charge in [0.2, 0.25) is 5.79 Å². The minimum atomic E-state index is -2.56. The number of carbonyl (C=O) groups excluding carboxylic acids is 6. The second-order valence-corrected chi connectivity index (χ2v) is 29.1. The number of nitrogens with zero attached hydrogens (tertiary/aromatic N) is 1. The van der Waals surface area contributed by atoms with Gasteiger partial charge >= 0.3 is 12.1 Å². The van der Waals surface area contributed by atoms with Gasteiger partial charge in [-0.25, -0.2) is 9.59 Å². The lowest BCUT2D eigenvalue weighted by Gasteiger charge is -2.43. The van der Waals surface area contributed by atoms with Gasteiger partial charge in [-0.15, -0.1) is 0 Å². The number of fused-ring (bicyclic) bond motifs is 3. The molecule has 2 saturated heterocycles. The first-order chi connectivity index (χ1) is 36.0. The Bertz CT molecular complexity index is 2130. The molecule has 3 heterocycles. The van der Waals surface area contributed by atoms with Crippen LogP contribution in [0.2, 0.25) is 18.1 Å². The van der Waals surface area contributed by atoms with Crippen molar-refractivity contribution in [3.63, 3.8) is 0 Å². The summed E-state index contributed by atoms with van der Waals surface area (Å²) in [5.74, 6) is -8.64. The third kappa shape index (κ3) is 18.3. The first-order valence-electron chi connectivity index (χ1n) is 28.3. The Balaban J connectivity index is 1.71. The molecule has 436 valence electrons. The van der Waals surface area contributed by atoms with Crippen LogP contribution in [0.5, 0.6) is 0 Å². The Labute approximate surface area is 460 Å². The molecule has 2 amide bonds. The van der Waals surface area contributed by atoms with Crippen molar-refractivity contribution in [1.29, 1.82) is 0 Å². The van der Waals surface area contributed by atoms with E-state index in [1.165, 1.54) is 7.11 Å². The third-order valence-corrected chi connectivity index (χ3v) is 21.7. The molecule has 77 heavy (non-hydrogen) atoms. The van der Waals surface area contributed by atoms with Crippen molar-refractivity contribution in [3.8, 4) is 0 Å². The van der Waals surface area contributed by atoms with E-state index >= 15 is 0 Å². The van der Waals surface area contributed by atoms with E-state index in [0.717, 1.165) is 4.90 Å². The summed E-state index contributed by atoms with van der Waals surface area (Å²) in [4.78, 5) is 86.2. The zero-order chi connectivity index (χ0) is 57.6. The predicted molar refractivity (Wildman–Crippen MR) is 296 cm³/mol. The van der Waals surface area contributed by atoms with Crippen LogP contribution in [0.1, 0.15) is 146 Å². The maximum atomic E-state index is 14.5. The van der Waals surface area contributed by atoms with E-state index in [2.05, 4.69) is 39.2 Å². The lowest BCUT2D eigenvalue weighted by atomic mass is 9.78. The number of cyclic esters (lactones) is 1. The number of methoxy groups -OCH3 is 2. The fourth-order valence-corrected chi connectivity index (χ4v) is 11.9. The average molecular weight is 1100 g/mol. The number of esters is 1. The minimum Gasteiger partial charge on any atom is -0.460 e. The number of allylic oxidation sites excluding steroid dienone is 6. The minimum absolute atomic E-state index is 0.0155. The predicted octanol–water partition coefficient (Wildman–Crippen LogP) is 8.28. The van der Waals surface area contributed by atoms with E-state index in [9.17, 15) is 44.1 Å². The van der Waals surface area contributed by atoms with E-state index in [0.29, 0.717) is 68.9 Å². The van der Waals surface area contributed by atoms with E-state index in [1.807, 2.05) is 45.1 Å². The Morgan fingerprint density at radius 3 is 2.26 bits per heavy atom. The highest BCUT2D eigenvalue weighted by Crippen LogP contribution is 2.39. The van der Waals surface area contributed by atoms with Crippen LogP contribution in [-0.2, 0) is 52.1 Å². The second kappa shape index (κ2) is 29.5. The molecule has 0 spiro atoms. The summed E-state index contributed by atoms with van der Waals surface area (Å²) in [7, 11) is 0.821. The van der Waals surface area contributed by atoms with Gasteiger partial charge in [-0.2, -0.15) is 0 Å². The molecule has 2 bridgehead atoms. The maximum Gasteiger partial charge on any atom is 0.407 e. The number of aliphatic hydroxyl groups is 3. The fraction of sp³-hybridized carbons (Fsp3) is 0.763. The number of alkyl carbamates (subject to hydrolysis) is 1. The summed E-state index contributed by atoms with van der Waals surface area (Å²) < 4.78 is 35.6. The molecule has 15 atom stereocenters. The molecular formula is C59H96N2O15Si. The molecule has 3 fully saturated rings. The molecular weight excluding hydrogens is 1000 g/mol. The molecule has 4 rings (SSSR count). The molecule has 1 saturated carbocycles. The standard InChI is InChI=1S/C59H96N2O15Si/c1-36-20-16-15-17-21-37(2)45(60-57(69)73-28-29-74-77(13,14)58(8,9)10)34-44-25-23-42(7)59(70,76-44)54(66)55(67)61-27-19-18-22-46(61)56(68)75-49(39(4)32-43-24-26-47(62)50(33-43)71-11)35-48(63)38(3)31-41(6)52(65)53(72-12)51(64)40(5)30-36/h15-17,20-21,31,36,38-40,42-47,49-50,52-53,62,65,70H,18-19,22-30,32-35H2,1-14H3,(H,60,69)/b17-15+,20-16+,37-21+,41-31+/t36-,38-,39-,40-,42-,43+,44+,45?,46+,47-,49+,50-,52-,53+,59-/m1/s1. The number of nitrogens with one attached hydrogen (secondary N) is 1. The van der Waals surface area contributed by atoms with Gasteiger partial charge in [0.1, 0.15) is 36.7 Å². The van der Waals surface area contributed by atoms with Crippen LogP contribution >= 0.6 is 0 Å². The van der Waals surface area contributed by atoms with Gasteiger partial charge in [0.05, 0.1) is 31.0 Å². The number of piperidine rings is 1. The lowest BCUT2D eigenvalue weighted by molar-refractivity contribution is -0.264. The highest BCUT2D eigenvalue weighted by atomic mass is 28.4. The van der Waals surface area contributed by atoms with Crippen molar-refractivity contribution in [2.75, 3.05) is 34.0 Å². The Morgan fingerprint density at radius 1 is 0.896 bits per heavy atom. The van der Waals surface area contributed by atoms with Crippen LogP contribution in [0.15, 0.2) is 47.6 Å². The summed E-state index contributed by atoms with van der Waals surface area (Å²) in [6.07, 6.45) is 9.49. The number of rotatable bonds is 10. The lowest BCUT2D eigenvalue weighted by Crippen LogP contribution is -2.61. The number of carbonyl (C=O) groups is 6. The molecule has 17 nitrogen and oxygen atoms in total. The van der Waals surface area contributed by atoms with Crippen molar-refractivity contribution < 1.29 is 72.2 Å². The number of ketones is 3. The zero-order valence-electron chi connectivity index (χ0n) is 48.8. The molecule has 1 unspecified atom stereocenters. The number of hydrogen-bond acceptors (Lipinski definition) is 15. The molecule has 0 aromatic rings. The summed E-state index contributed by atoms with van der Waals surface area (Å²) in [5.41, 5.74) is 1.07. The molecule has 0 aromatic heterocycles. The molecule has 0 radical (unpaired) electrons. The van der Waals surface area contributed by atoms with E-state index < -0.39 is 98.2 Å². The number of aliphatic hydroxyl groups excluding tert-OH is 2. The first-order valence-corrected chi connectivity index (χ1v) is 31.2. The largest absolute Gasteiger partial charge is 0.460 e. The van der Waals surface area contributed by atoms with Crippen LogP contribution in [0.4, 0.5) is 4.79 Å². The van der Waals surface area contributed by atoms with Crippen molar-refractivity contribution >= 4 is 43.6 Å². The summed E-state index contributed by atoms with van der Waals surface area (Å²) in [6, 6.07) is -1.90. The smallest absolute Gasteiger partial charge is 0.407 e. The van der Waals surface area contributed by atoms with Gasteiger partial charge in [-0.3, -0.25) is 19.2 Å². The topological polar surface area (TPSA) is 234 Å². The van der Waals surface area contributed by atoms with Crippen LogP contribution in [-0.4, -0.2) is 152 Å². The molecule has 1 aliphatic carbocycles. The van der Waals surface area contributed by atoms with Gasteiger partial charge in [0, 0.05) is 44.9 Å². The number of Topliss-reactive ketones (excluding diaryl/α,β-unsaturated/α-hetero) is 3. The van der Waals surface area contributed by atoms with Gasteiger partial charge < -0.3 is 53.6 Å². The Morgan fingerprint density at radius 2 is 1.60 bits per heavy atom. The molecule has 4 N–H and O–H groups in total. The van der Waals surface area contributed by atoms with E-state index in [4.69, 9.17) is 28.1 Å². The maximum absolute atomic E-state index is 14.5. The van der Waals surface area contributed by atoms with Crippen molar-refractivity contribution in [1.82, 2.24) is 10.2 Å². The van der Waals surface area contributed by atoms with E-state index in [-0.39, 0.29) is 79.5 Å². The Kier molecular flexibility index (Phi) is 25.2. The zero-order valence-corrected chi connectivity index (χ0v) is 49.8. The van der Waals surface area contributed by atoms with Crippen LogP contribution in [0, 0.1) is 35.5 Å². The monoisotopic (exact) mass is 1100 g/mol. The van der Waals surface area contributed by atoms with E-state index in [1.54, 1.807) is 47.0 Å². The Hall–Kier alpha value is -3.88. The van der Waals surface area contributed by atoms with Crippen LogP contribution < -0.4 is 5.32 Å². The van der Waals surface area contributed by atoms with Gasteiger partial charge in [0.25, 0.3) is 11.7 Å². The first kappa shape index (κ1) is 65.6. The van der Waals surface area contributed by atoms with Gasteiger partial charge in [0.15, 0.2) is 14.1 Å². The number of ether oxygens (including phenoxy) is 5. The van der Waals surface area contributed by atoms with Gasteiger partial charge in [-0.05, 0) is 126 Å². The summed E-state index contributed by atoms with van der Waals surface area (Å²) in [6.45, 7) is 23.3. The van der Waals surface area contributed by atoms with Crippen molar-refractivity contribution in [2.24, 2.45) is 35.5 Å². The quantitative estimate of drug-likeness (QED) is 0.0530. The van der Waals surface area contributed by atoms with Crippen molar-refractivity contribution in [2.45, 2.75) is 219 Å². The number of hydrogen-bond donors (Lipinski definition) is 4. The van der Waals surface area contributed by atoms with Crippen LogP contribution in [0.25, 0.3) is 0 Å². The molecule has 18 heteroatoms. The van der Waals surface area contributed by atoms with Crippen molar-refractivity contribution in [3.05, 3.63) is 47.6 Å². The average Bonchev–Trinajstić information content (AvgIpc) is 3.38. The SMILES string of the molecule is CO[C@@H]1C[C@H](C[C@@H](C)[C@@H]2CC(=O)[C@H](C)/C=C(\C)[C@@H](O)[C@@H](OC)C(=O)[C@H](C)C[C@H](C)/C=C/C=C/C=C(\C)C(NC(=O)OCCO[Si](C)(C)C(C)(C)C)C[C@@H]3CC[C@@H](C)[C@@](O)(O3)C(=O)C(=O)N3CCCC[C@H]3C(=O)O2)CC[C@H]1O. The second-order valence-electron chi connectivity index (χ2n) is 24.3. The molecule has 4 aliphatic rings. The molecule has 0 aromatic carbocycles. The highest BCUT2D eigenvalue weighted by molar-refractivity contribution is 6.74. The molecule has 3 aliphatic heterocycles. The normalized spacial score (nSPS) is 36.3. The number of amides is 2. The fourth-order valence-electron chi connectivity index (χ4n) is 10.9. The summed E-state index contributed by atoms with van der Waals surface area (Å²) in [5, 5.41) is 37.2. The third-order valence-electron chi connectivity index (χ3n) is 17.1. The highest BCUT2D eigenvalue weighted by Gasteiger charge is 2.53. The van der Waals surface area contributed by atoms with Crippen LogP contribution in [0.3, 0.4) is 0 Å².